The van der Waals surface area contributed by atoms with Crippen molar-refractivity contribution in [3.63, 3.8) is 0 Å². The Morgan fingerprint density at radius 3 is 2.86 bits per heavy atom. The fourth-order valence-corrected chi connectivity index (χ4v) is 5.68. The number of fused-ring (bicyclic) bond motifs is 2. The SMILES string of the molecule is Cc1c([C@@H]2CN3CCN(C(=O)C4CCc5nc(-n6cnnn6)ccc54)C[C@H]3CO2)ccc(F)c1C#N. The van der Waals surface area contributed by atoms with E-state index in [1.165, 1.54) is 17.1 Å². The minimum Gasteiger partial charge on any atom is -0.370 e. The summed E-state index contributed by atoms with van der Waals surface area (Å²) in [4.78, 5) is 22.5. The lowest BCUT2D eigenvalue weighted by Crippen LogP contribution is -2.60. The quantitative estimate of drug-likeness (QED) is 0.547. The number of rotatable bonds is 3. The number of hydrogen-bond acceptors (Lipinski definition) is 8. The van der Waals surface area contributed by atoms with E-state index in [4.69, 9.17) is 4.74 Å². The first-order chi connectivity index (χ1) is 17.5. The van der Waals surface area contributed by atoms with E-state index < -0.39 is 5.82 Å². The minimum atomic E-state index is -0.505. The van der Waals surface area contributed by atoms with E-state index in [0.717, 1.165) is 36.2 Å². The van der Waals surface area contributed by atoms with Gasteiger partial charge in [0.2, 0.25) is 5.91 Å². The second-order valence-corrected chi connectivity index (χ2v) is 9.55. The van der Waals surface area contributed by atoms with E-state index >= 15 is 0 Å². The molecule has 0 bridgehead atoms. The van der Waals surface area contributed by atoms with Crippen molar-refractivity contribution < 1.29 is 13.9 Å². The highest BCUT2D eigenvalue weighted by atomic mass is 19.1. The van der Waals surface area contributed by atoms with Gasteiger partial charge in [0.15, 0.2) is 5.82 Å². The fourth-order valence-electron chi connectivity index (χ4n) is 5.68. The number of aryl methyl sites for hydroxylation is 1. The Balaban J connectivity index is 1.12. The molecule has 1 aromatic carbocycles. The summed E-state index contributed by atoms with van der Waals surface area (Å²) in [7, 11) is 0. The Labute approximate surface area is 207 Å². The van der Waals surface area contributed by atoms with Crippen LogP contribution in [0.15, 0.2) is 30.6 Å². The molecule has 2 aliphatic heterocycles. The molecule has 36 heavy (non-hydrogen) atoms. The average Bonchev–Trinajstić information content (AvgIpc) is 3.58. The molecule has 0 spiro atoms. The van der Waals surface area contributed by atoms with Gasteiger partial charge in [-0.25, -0.2) is 9.37 Å². The van der Waals surface area contributed by atoms with E-state index in [9.17, 15) is 14.4 Å². The van der Waals surface area contributed by atoms with Crippen LogP contribution in [0, 0.1) is 24.1 Å². The standard InChI is InChI=1S/C25H25FN8O2/c1-15-17(2-5-21(26)20(15)10-27)23-12-32-8-9-33(11-16(32)13-36-23)25(35)19-3-6-22-18(19)4-7-24(29-22)34-14-28-30-31-34/h2,4-5,7,14,16,19,23H,3,6,8-9,11-13H2,1H3/t16-,19?,23-/m0/s1. The van der Waals surface area contributed by atoms with Crippen molar-refractivity contribution in [2.75, 3.05) is 32.8 Å². The molecular weight excluding hydrogens is 463 g/mol. The number of hydrogen-bond donors (Lipinski definition) is 0. The van der Waals surface area contributed by atoms with Gasteiger partial charge in [0.05, 0.1) is 30.2 Å². The highest BCUT2D eigenvalue weighted by Crippen LogP contribution is 2.36. The molecule has 0 radical (unpaired) electrons. The zero-order valence-corrected chi connectivity index (χ0v) is 19.8. The number of tetrazole rings is 1. The van der Waals surface area contributed by atoms with E-state index in [1.807, 2.05) is 23.1 Å². The average molecular weight is 489 g/mol. The third kappa shape index (κ3) is 3.83. The van der Waals surface area contributed by atoms with E-state index in [1.54, 1.807) is 13.0 Å². The Morgan fingerprint density at radius 1 is 1.19 bits per heavy atom. The van der Waals surface area contributed by atoms with Crippen molar-refractivity contribution in [2.45, 2.75) is 37.8 Å². The van der Waals surface area contributed by atoms with Gasteiger partial charge in [0.25, 0.3) is 0 Å². The number of nitriles is 1. The molecule has 6 rings (SSSR count). The van der Waals surface area contributed by atoms with Gasteiger partial charge in [0.1, 0.15) is 18.2 Å². The van der Waals surface area contributed by atoms with Crippen molar-refractivity contribution in [3.05, 3.63) is 64.4 Å². The number of nitrogens with zero attached hydrogens (tertiary/aromatic N) is 8. The molecule has 3 aliphatic rings. The van der Waals surface area contributed by atoms with Gasteiger partial charge >= 0.3 is 0 Å². The summed E-state index contributed by atoms with van der Waals surface area (Å²) in [5, 5.41) is 20.5. The number of morpholine rings is 1. The van der Waals surface area contributed by atoms with Gasteiger partial charge in [-0.1, -0.05) is 12.1 Å². The smallest absolute Gasteiger partial charge is 0.230 e. The van der Waals surface area contributed by atoms with Crippen LogP contribution in [0.2, 0.25) is 0 Å². The van der Waals surface area contributed by atoms with Crippen LogP contribution in [0.25, 0.3) is 5.82 Å². The number of aromatic nitrogens is 5. The number of carbonyl (C=O) groups is 1. The maximum Gasteiger partial charge on any atom is 0.230 e. The van der Waals surface area contributed by atoms with Crippen LogP contribution in [0.5, 0.6) is 0 Å². The Bertz CT molecular complexity index is 1350. The first-order valence-electron chi connectivity index (χ1n) is 12.1. The van der Waals surface area contributed by atoms with Crippen LogP contribution in [0.4, 0.5) is 4.39 Å². The second kappa shape index (κ2) is 9.04. The van der Waals surface area contributed by atoms with E-state index in [-0.39, 0.29) is 29.5 Å². The first kappa shape index (κ1) is 22.7. The molecule has 1 amide bonds. The van der Waals surface area contributed by atoms with Gasteiger partial charge in [-0.15, -0.1) is 5.10 Å². The largest absolute Gasteiger partial charge is 0.370 e. The van der Waals surface area contributed by atoms with Gasteiger partial charge < -0.3 is 9.64 Å². The molecule has 2 aromatic heterocycles. The topological polar surface area (TPSA) is 113 Å². The fraction of sp³-hybridized carbons (Fsp3) is 0.440. The number of ether oxygens (including phenoxy) is 1. The zero-order valence-electron chi connectivity index (χ0n) is 19.8. The summed E-state index contributed by atoms with van der Waals surface area (Å²) in [5.41, 5.74) is 3.46. The Kier molecular flexibility index (Phi) is 5.70. The molecule has 4 heterocycles. The molecule has 2 fully saturated rings. The number of pyridine rings is 1. The highest BCUT2D eigenvalue weighted by molar-refractivity contribution is 5.85. The molecule has 3 atom stereocenters. The summed E-state index contributed by atoms with van der Waals surface area (Å²) in [6.07, 6.45) is 2.77. The van der Waals surface area contributed by atoms with Crippen molar-refractivity contribution in [1.82, 2.24) is 35.0 Å². The predicted octanol–water partition coefficient (Wildman–Crippen LogP) is 1.69. The van der Waals surface area contributed by atoms with Gasteiger partial charge in [-0.05, 0) is 59.0 Å². The lowest BCUT2D eigenvalue weighted by Gasteiger charge is -2.46. The number of piperazine rings is 1. The summed E-state index contributed by atoms with van der Waals surface area (Å²) < 4.78 is 21.7. The predicted molar refractivity (Wildman–Crippen MR) is 124 cm³/mol. The Morgan fingerprint density at radius 2 is 2.06 bits per heavy atom. The van der Waals surface area contributed by atoms with Crippen LogP contribution >= 0.6 is 0 Å². The van der Waals surface area contributed by atoms with Crippen molar-refractivity contribution >= 4 is 5.91 Å². The third-order valence-corrected chi connectivity index (χ3v) is 7.64. The van der Waals surface area contributed by atoms with E-state index in [0.29, 0.717) is 37.6 Å². The van der Waals surface area contributed by atoms with Crippen molar-refractivity contribution in [3.8, 4) is 11.9 Å². The molecule has 184 valence electrons. The molecule has 0 saturated carbocycles. The van der Waals surface area contributed by atoms with Crippen molar-refractivity contribution in [1.29, 1.82) is 5.26 Å². The number of carbonyl (C=O) groups excluding carboxylic acids is 1. The molecule has 10 nitrogen and oxygen atoms in total. The summed E-state index contributed by atoms with van der Waals surface area (Å²) in [6.45, 7) is 4.90. The maximum atomic E-state index is 14.0. The molecule has 1 unspecified atom stereocenters. The lowest BCUT2D eigenvalue weighted by atomic mass is 9.95. The first-order valence-corrected chi connectivity index (χ1v) is 12.1. The van der Waals surface area contributed by atoms with Crippen LogP contribution in [-0.4, -0.2) is 79.7 Å². The zero-order chi connectivity index (χ0) is 24.8. The summed E-state index contributed by atoms with van der Waals surface area (Å²) in [6, 6.07) is 8.94. The van der Waals surface area contributed by atoms with Crippen LogP contribution < -0.4 is 0 Å². The van der Waals surface area contributed by atoms with Crippen molar-refractivity contribution in [2.24, 2.45) is 0 Å². The van der Waals surface area contributed by atoms with Crippen LogP contribution in [0.3, 0.4) is 0 Å². The molecule has 2 saturated heterocycles. The molecule has 1 aliphatic carbocycles. The maximum absolute atomic E-state index is 14.0. The number of amides is 1. The molecule has 3 aromatic rings. The van der Waals surface area contributed by atoms with Crippen LogP contribution in [-0.2, 0) is 16.0 Å². The second-order valence-electron chi connectivity index (χ2n) is 9.55. The summed E-state index contributed by atoms with van der Waals surface area (Å²) >= 11 is 0. The normalized spacial score (nSPS) is 23.7. The lowest BCUT2D eigenvalue weighted by molar-refractivity contribution is -0.141. The van der Waals surface area contributed by atoms with Crippen LogP contribution in [0.1, 0.15) is 46.4 Å². The minimum absolute atomic E-state index is 0.0741. The van der Waals surface area contributed by atoms with Gasteiger partial charge in [-0.3, -0.25) is 9.69 Å². The monoisotopic (exact) mass is 488 g/mol. The van der Waals surface area contributed by atoms with Gasteiger partial charge in [-0.2, -0.15) is 9.94 Å². The molecular formula is C25H25FN8O2. The van der Waals surface area contributed by atoms with Gasteiger partial charge in [0, 0.05) is 31.9 Å². The third-order valence-electron chi connectivity index (χ3n) is 7.64. The summed E-state index contributed by atoms with van der Waals surface area (Å²) in [5.74, 6) is 0.0913. The highest BCUT2D eigenvalue weighted by Gasteiger charge is 2.39. The Hall–Kier alpha value is -3.75. The van der Waals surface area contributed by atoms with E-state index in [2.05, 4.69) is 25.4 Å². The number of halogens is 1. The number of benzene rings is 1. The molecule has 0 N–H and O–H groups in total. The molecule has 11 heteroatoms.